The molecule has 0 spiro atoms. The number of ether oxygens (including phenoxy) is 1. The summed E-state index contributed by atoms with van der Waals surface area (Å²) in [6.45, 7) is 6.83. The summed E-state index contributed by atoms with van der Waals surface area (Å²) < 4.78 is 6.67. The van der Waals surface area contributed by atoms with Gasteiger partial charge in [-0.2, -0.15) is 0 Å². The van der Waals surface area contributed by atoms with Crippen molar-refractivity contribution in [3.63, 3.8) is 0 Å². The standard InChI is InChI=1S/C12H15ClN2OS/c1-6(2)5-16-8-4-7(3)9(13)11-10(8)15-12(14)17-11/h4,6H,5H2,1-3H3,(H2,14,15). The average Bonchev–Trinajstić information content (AvgIpc) is 2.63. The monoisotopic (exact) mass is 270 g/mol. The number of nitrogens with two attached hydrogens (primary N) is 1. The second kappa shape index (κ2) is 4.70. The number of hydrogen-bond donors (Lipinski definition) is 1. The molecule has 0 fully saturated rings. The Morgan fingerprint density at radius 3 is 2.88 bits per heavy atom. The van der Waals surface area contributed by atoms with Crippen LogP contribution >= 0.6 is 22.9 Å². The smallest absolute Gasteiger partial charge is 0.181 e. The first-order valence-corrected chi connectivity index (χ1v) is 6.66. The third kappa shape index (κ3) is 2.48. The first-order chi connectivity index (χ1) is 7.99. The Bertz CT molecular complexity index is 551. The van der Waals surface area contributed by atoms with Gasteiger partial charge in [0.1, 0.15) is 11.3 Å². The lowest BCUT2D eigenvalue weighted by Gasteiger charge is -2.10. The van der Waals surface area contributed by atoms with E-state index in [9.17, 15) is 0 Å². The molecule has 0 aliphatic carbocycles. The van der Waals surface area contributed by atoms with Gasteiger partial charge in [0, 0.05) is 0 Å². The van der Waals surface area contributed by atoms with Crippen LogP contribution in [-0.2, 0) is 0 Å². The fourth-order valence-corrected chi connectivity index (χ4v) is 2.63. The Kier molecular flexibility index (Phi) is 3.45. The number of anilines is 1. The van der Waals surface area contributed by atoms with Crippen LogP contribution in [0.5, 0.6) is 5.75 Å². The molecule has 0 bridgehead atoms. The van der Waals surface area contributed by atoms with Crippen LogP contribution in [0.25, 0.3) is 10.2 Å². The summed E-state index contributed by atoms with van der Waals surface area (Å²) >= 11 is 7.63. The summed E-state index contributed by atoms with van der Waals surface area (Å²) in [7, 11) is 0. The van der Waals surface area contributed by atoms with Gasteiger partial charge < -0.3 is 10.5 Å². The minimum absolute atomic E-state index is 0.469. The van der Waals surface area contributed by atoms with E-state index in [1.807, 2.05) is 13.0 Å². The second-order valence-electron chi connectivity index (χ2n) is 4.44. The summed E-state index contributed by atoms with van der Waals surface area (Å²) in [5, 5.41) is 1.23. The Morgan fingerprint density at radius 1 is 1.53 bits per heavy atom. The average molecular weight is 271 g/mol. The molecule has 0 atom stereocenters. The van der Waals surface area contributed by atoms with Crippen molar-refractivity contribution in [1.29, 1.82) is 0 Å². The molecule has 17 heavy (non-hydrogen) atoms. The minimum atomic E-state index is 0.469. The van der Waals surface area contributed by atoms with Gasteiger partial charge >= 0.3 is 0 Å². The molecular formula is C12H15ClN2OS. The van der Waals surface area contributed by atoms with Crippen LogP contribution in [0.2, 0.25) is 5.02 Å². The first kappa shape index (κ1) is 12.5. The van der Waals surface area contributed by atoms with Crippen molar-refractivity contribution in [3.8, 4) is 5.75 Å². The maximum atomic E-state index is 6.23. The number of nitrogens with zero attached hydrogens (tertiary/aromatic N) is 1. The molecule has 0 amide bonds. The van der Waals surface area contributed by atoms with Crippen molar-refractivity contribution in [1.82, 2.24) is 4.98 Å². The van der Waals surface area contributed by atoms with Crippen molar-refractivity contribution in [2.24, 2.45) is 5.92 Å². The number of thiazole rings is 1. The maximum absolute atomic E-state index is 6.23. The predicted molar refractivity (Wildman–Crippen MR) is 74.1 cm³/mol. The van der Waals surface area contributed by atoms with E-state index in [1.165, 1.54) is 11.3 Å². The number of nitrogen functional groups attached to an aromatic ring is 1. The fourth-order valence-electron chi connectivity index (χ4n) is 1.53. The van der Waals surface area contributed by atoms with Crippen LogP contribution in [-0.4, -0.2) is 11.6 Å². The molecule has 0 radical (unpaired) electrons. The highest BCUT2D eigenvalue weighted by Gasteiger charge is 2.14. The molecule has 0 unspecified atom stereocenters. The minimum Gasteiger partial charge on any atom is -0.491 e. The molecule has 2 N–H and O–H groups in total. The van der Waals surface area contributed by atoms with Crippen LogP contribution in [0.4, 0.5) is 5.13 Å². The molecule has 2 rings (SSSR count). The van der Waals surface area contributed by atoms with E-state index in [0.29, 0.717) is 22.7 Å². The van der Waals surface area contributed by atoms with Gasteiger partial charge in [-0.25, -0.2) is 4.98 Å². The Morgan fingerprint density at radius 2 is 2.24 bits per heavy atom. The zero-order valence-electron chi connectivity index (χ0n) is 10.1. The highest BCUT2D eigenvalue weighted by atomic mass is 35.5. The third-order valence-corrected chi connectivity index (χ3v) is 3.84. The molecule has 1 aromatic heterocycles. The zero-order chi connectivity index (χ0) is 12.6. The van der Waals surface area contributed by atoms with Crippen molar-refractivity contribution >= 4 is 38.3 Å². The summed E-state index contributed by atoms with van der Waals surface area (Å²) in [5.74, 6) is 1.24. The van der Waals surface area contributed by atoms with Gasteiger partial charge in [0.25, 0.3) is 0 Å². The fraction of sp³-hybridized carbons (Fsp3) is 0.417. The van der Waals surface area contributed by atoms with Crippen LogP contribution in [0.1, 0.15) is 19.4 Å². The lowest BCUT2D eigenvalue weighted by molar-refractivity contribution is 0.273. The lowest BCUT2D eigenvalue weighted by Crippen LogP contribution is -2.05. The second-order valence-corrected chi connectivity index (χ2v) is 5.85. The van der Waals surface area contributed by atoms with Crippen LogP contribution in [0.15, 0.2) is 6.07 Å². The number of aryl methyl sites for hydroxylation is 1. The van der Waals surface area contributed by atoms with Gasteiger partial charge in [0.2, 0.25) is 0 Å². The van der Waals surface area contributed by atoms with Gasteiger partial charge in [-0.15, -0.1) is 0 Å². The molecule has 2 aromatic rings. The number of benzene rings is 1. The summed E-state index contributed by atoms with van der Waals surface area (Å²) in [5.41, 5.74) is 7.48. The number of aromatic nitrogens is 1. The SMILES string of the molecule is Cc1cc(OCC(C)C)c2nc(N)sc2c1Cl. The summed E-state index contributed by atoms with van der Waals surface area (Å²) in [6.07, 6.45) is 0. The van der Waals surface area contributed by atoms with E-state index >= 15 is 0 Å². The summed E-state index contributed by atoms with van der Waals surface area (Å²) in [4.78, 5) is 4.28. The molecule has 0 saturated carbocycles. The van der Waals surface area contributed by atoms with E-state index in [4.69, 9.17) is 22.1 Å². The Labute approximate surface area is 110 Å². The number of fused-ring (bicyclic) bond motifs is 1. The van der Waals surface area contributed by atoms with Gasteiger partial charge in [-0.3, -0.25) is 0 Å². The maximum Gasteiger partial charge on any atom is 0.181 e. The van der Waals surface area contributed by atoms with Gasteiger partial charge in [-0.05, 0) is 24.5 Å². The van der Waals surface area contributed by atoms with Crippen molar-refractivity contribution in [2.45, 2.75) is 20.8 Å². The van der Waals surface area contributed by atoms with E-state index in [0.717, 1.165) is 21.5 Å². The Hall–Kier alpha value is -1.00. The molecule has 0 aliphatic heterocycles. The van der Waals surface area contributed by atoms with Crippen molar-refractivity contribution in [3.05, 3.63) is 16.7 Å². The molecule has 1 heterocycles. The van der Waals surface area contributed by atoms with Crippen molar-refractivity contribution < 1.29 is 4.74 Å². The molecule has 0 aliphatic rings. The largest absolute Gasteiger partial charge is 0.491 e. The molecule has 1 aromatic carbocycles. The molecule has 5 heteroatoms. The van der Waals surface area contributed by atoms with E-state index in [-0.39, 0.29) is 0 Å². The molecule has 3 nitrogen and oxygen atoms in total. The zero-order valence-corrected chi connectivity index (χ0v) is 11.7. The molecule has 0 saturated heterocycles. The molecular weight excluding hydrogens is 256 g/mol. The number of rotatable bonds is 3. The van der Waals surface area contributed by atoms with Crippen LogP contribution < -0.4 is 10.5 Å². The first-order valence-electron chi connectivity index (χ1n) is 5.47. The number of hydrogen-bond acceptors (Lipinski definition) is 4. The third-order valence-electron chi connectivity index (χ3n) is 2.34. The van der Waals surface area contributed by atoms with Gasteiger partial charge in [0.15, 0.2) is 5.13 Å². The normalized spacial score (nSPS) is 11.4. The van der Waals surface area contributed by atoms with E-state index in [1.54, 1.807) is 0 Å². The van der Waals surface area contributed by atoms with Crippen LogP contribution in [0.3, 0.4) is 0 Å². The summed E-state index contributed by atoms with van der Waals surface area (Å²) in [6, 6.07) is 1.92. The van der Waals surface area contributed by atoms with Crippen LogP contribution in [0, 0.1) is 12.8 Å². The predicted octanol–water partition coefficient (Wildman–Crippen LogP) is 3.88. The molecule has 92 valence electrons. The highest BCUT2D eigenvalue weighted by molar-refractivity contribution is 7.22. The number of halogens is 1. The van der Waals surface area contributed by atoms with Gasteiger partial charge in [-0.1, -0.05) is 36.8 Å². The van der Waals surface area contributed by atoms with Gasteiger partial charge in [0.05, 0.1) is 16.3 Å². The highest BCUT2D eigenvalue weighted by Crippen LogP contribution is 2.38. The van der Waals surface area contributed by atoms with E-state index < -0.39 is 0 Å². The van der Waals surface area contributed by atoms with Crippen molar-refractivity contribution in [2.75, 3.05) is 12.3 Å². The lowest BCUT2D eigenvalue weighted by atomic mass is 10.2. The topological polar surface area (TPSA) is 48.1 Å². The quantitative estimate of drug-likeness (QED) is 0.921. The van der Waals surface area contributed by atoms with E-state index in [2.05, 4.69) is 18.8 Å². The Balaban J connectivity index is 2.51.